The molecule has 2 saturated heterocycles. The van der Waals surface area contributed by atoms with Gasteiger partial charge in [-0.3, -0.25) is 19.3 Å². The number of rotatable bonds is 10. The van der Waals surface area contributed by atoms with Gasteiger partial charge in [-0.2, -0.15) is 0 Å². The average Bonchev–Trinajstić information content (AvgIpc) is 3.00. The standard InChI is InChI=1S/C33H44Cl2N4O4/c1-24(40)43-28-11-8-25(9-12-28)31(41)37(4)23-27(26-10-13-29(34)30(35)22-26)14-19-38-20-15-33(16-21-38,32(42)36(2)3)39-17-6-5-7-18-39/h8-13,22,27H,5-7,14-21,23H2,1-4H3. The Morgan fingerprint density at radius 1 is 0.907 bits per heavy atom. The normalized spacial score (nSPS) is 18.1. The molecular weight excluding hydrogens is 587 g/mol. The van der Waals surface area contributed by atoms with Crippen LogP contribution in [0, 0.1) is 0 Å². The first-order chi connectivity index (χ1) is 20.5. The summed E-state index contributed by atoms with van der Waals surface area (Å²) >= 11 is 12.6. The van der Waals surface area contributed by atoms with Crippen LogP contribution in [0.5, 0.6) is 5.75 Å². The van der Waals surface area contributed by atoms with Gasteiger partial charge in [-0.05, 0) is 93.7 Å². The smallest absolute Gasteiger partial charge is 0.308 e. The van der Waals surface area contributed by atoms with Gasteiger partial charge in [0.2, 0.25) is 5.91 Å². The SMILES string of the molecule is CC(=O)Oc1ccc(C(=O)N(C)CC(CCN2CCC(C(=O)N(C)C)(N3CCCCC3)CC2)c2ccc(Cl)c(Cl)c2)cc1. The minimum absolute atomic E-state index is 0.0289. The van der Waals surface area contributed by atoms with Crippen molar-refractivity contribution in [3.8, 4) is 5.75 Å². The Hall–Kier alpha value is -2.65. The van der Waals surface area contributed by atoms with Crippen LogP contribution in [0.3, 0.4) is 0 Å². The van der Waals surface area contributed by atoms with Gasteiger partial charge < -0.3 is 19.4 Å². The molecule has 0 aliphatic carbocycles. The zero-order valence-corrected chi connectivity index (χ0v) is 27.3. The molecular formula is C33H44Cl2N4O4. The number of likely N-dealkylation sites (N-methyl/N-ethyl adjacent to an activating group) is 2. The number of likely N-dealkylation sites (tertiary alicyclic amines) is 2. The molecule has 2 aliphatic heterocycles. The number of halogens is 2. The van der Waals surface area contributed by atoms with Crippen molar-refractivity contribution in [3.63, 3.8) is 0 Å². The van der Waals surface area contributed by atoms with Crippen molar-refractivity contribution in [3.05, 3.63) is 63.6 Å². The lowest BCUT2D eigenvalue weighted by molar-refractivity contribution is -0.147. The Morgan fingerprint density at radius 3 is 2.14 bits per heavy atom. The number of amides is 2. The van der Waals surface area contributed by atoms with E-state index in [4.69, 9.17) is 27.9 Å². The molecule has 1 atom stereocenters. The maximum Gasteiger partial charge on any atom is 0.308 e. The topological polar surface area (TPSA) is 73.4 Å². The molecule has 8 nitrogen and oxygen atoms in total. The van der Waals surface area contributed by atoms with Crippen molar-refractivity contribution in [2.45, 2.75) is 56.9 Å². The van der Waals surface area contributed by atoms with Crippen LogP contribution in [0.15, 0.2) is 42.5 Å². The van der Waals surface area contributed by atoms with Crippen molar-refractivity contribution in [2.75, 3.05) is 60.4 Å². The van der Waals surface area contributed by atoms with Crippen LogP contribution >= 0.6 is 23.2 Å². The van der Waals surface area contributed by atoms with Gasteiger partial charge in [0.1, 0.15) is 11.3 Å². The molecule has 2 aliphatic rings. The highest BCUT2D eigenvalue weighted by Crippen LogP contribution is 2.34. The van der Waals surface area contributed by atoms with E-state index < -0.39 is 11.5 Å². The highest BCUT2D eigenvalue weighted by Gasteiger charge is 2.47. The van der Waals surface area contributed by atoms with Crippen LogP contribution in [0.2, 0.25) is 10.0 Å². The Labute approximate surface area is 265 Å². The first kappa shape index (κ1) is 33.2. The lowest BCUT2D eigenvalue weighted by Crippen LogP contribution is -2.64. The van der Waals surface area contributed by atoms with E-state index >= 15 is 0 Å². The molecule has 0 aromatic heterocycles. The molecule has 0 spiro atoms. The molecule has 0 radical (unpaired) electrons. The van der Waals surface area contributed by atoms with E-state index in [-0.39, 0.29) is 17.7 Å². The predicted molar refractivity (Wildman–Crippen MR) is 171 cm³/mol. The Balaban J connectivity index is 1.44. The van der Waals surface area contributed by atoms with Crippen LogP contribution in [-0.4, -0.2) is 103 Å². The first-order valence-electron chi connectivity index (χ1n) is 15.2. The summed E-state index contributed by atoms with van der Waals surface area (Å²) < 4.78 is 5.10. The molecule has 0 N–H and O–H groups in total. The molecule has 2 aromatic carbocycles. The third kappa shape index (κ3) is 8.29. The van der Waals surface area contributed by atoms with Crippen molar-refractivity contribution in [1.29, 1.82) is 0 Å². The number of benzene rings is 2. The number of piperidine rings is 2. The van der Waals surface area contributed by atoms with Gasteiger partial charge in [-0.15, -0.1) is 0 Å². The molecule has 2 amide bonds. The maximum atomic E-state index is 13.5. The molecule has 43 heavy (non-hydrogen) atoms. The summed E-state index contributed by atoms with van der Waals surface area (Å²) in [5.74, 6) is 0.130. The largest absolute Gasteiger partial charge is 0.427 e. The third-order valence-corrected chi connectivity index (χ3v) is 9.60. The van der Waals surface area contributed by atoms with Gasteiger partial charge in [0.25, 0.3) is 5.91 Å². The third-order valence-electron chi connectivity index (χ3n) is 8.86. The summed E-state index contributed by atoms with van der Waals surface area (Å²) in [5, 5.41) is 0.989. The molecule has 10 heteroatoms. The quantitative estimate of drug-likeness (QED) is 0.252. The molecule has 2 aromatic rings. The number of hydrogen-bond donors (Lipinski definition) is 0. The molecule has 2 fully saturated rings. The summed E-state index contributed by atoms with van der Waals surface area (Å²) in [6.45, 7) is 6.37. The Morgan fingerprint density at radius 2 is 1.56 bits per heavy atom. The fourth-order valence-electron chi connectivity index (χ4n) is 6.48. The Bertz CT molecular complexity index is 1270. The van der Waals surface area contributed by atoms with Crippen molar-refractivity contribution < 1.29 is 19.1 Å². The van der Waals surface area contributed by atoms with Gasteiger partial charge in [-0.1, -0.05) is 35.7 Å². The summed E-state index contributed by atoms with van der Waals surface area (Å²) in [4.78, 5) is 46.5. The average molecular weight is 632 g/mol. The highest BCUT2D eigenvalue weighted by atomic mass is 35.5. The van der Waals surface area contributed by atoms with Crippen LogP contribution in [0.1, 0.15) is 67.3 Å². The zero-order valence-electron chi connectivity index (χ0n) is 25.8. The van der Waals surface area contributed by atoms with Crippen LogP contribution in [0.25, 0.3) is 0 Å². The fourth-order valence-corrected chi connectivity index (χ4v) is 6.79. The predicted octanol–water partition coefficient (Wildman–Crippen LogP) is 5.57. The van der Waals surface area contributed by atoms with Gasteiger partial charge >= 0.3 is 5.97 Å². The number of esters is 1. The molecule has 2 heterocycles. The van der Waals surface area contributed by atoms with E-state index in [0.717, 1.165) is 70.4 Å². The monoisotopic (exact) mass is 630 g/mol. The van der Waals surface area contributed by atoms with E-state index in [1.54, 1.807) is 41.1 Å². The van der Waals surface area contributed by atoms with Crippen LogP contribution in [0.4, 0.5) is 0 Å². The zero-order chi connectivity index (χ0) is 31.1. The number of nitrogens with zero attached hydrogens (tertiary/aromatic N) is 4. The molecule has 234 valence electrons. The molecule has 4 rings (SSSR count). The minimum Gasteiger partial charge on any atom is -0.427 e. The van der Waals surface area contributed by atoms with E-state index in [0.29, 0.717) is 27.9 Å². The number of carbonyl (C=O) groups is 3. The number of carbonyl (C=O) groups excluding carboxylic acids is 3. The number of hydrogen-bond acceptors (Lipinski definition) is 6. The van der Waals surface area contributed by atoms with Gasteiger partial charge in [0.05, 0.1) is 10.0 Å². The van der Waals surface area contributed by atoms with E-state index in [1.165, 1.54) is 13.3 Å². The molecule has 1 unspecified atom stereocenters. The summed E-state index contributed by atoms with van der Waals surface area (Å²) in [7, 11) is 5.54. The molecule has 0 bridgehead atoms. The summed E-state index contributed by atoms with van der Waals surface area (Å²) in [6.07, 6.45) is 6.01. The second-order valence-electron chi connectivity index (χ2n) is 12.1. The van der Waals surface area contributed by atoms with Crippen molar-refractivity contribution in [2.24, 2.45) is 0 Å². The van der Waals surface area contributed by atoms with E-state index in [9.17, 15) is 14.4 Å². The first-order valence-corrected chi connectivity index (χ1v) is 15.9. The highest BCUT2D eigenvalue weighted by molar-refractivity contribution is 6.42. The second-order valence-corrected chi connectivity index (χ2v) is 12.9. The van der Waals surface area contributed by atoms with Crippen LogP contribution < -0.4 is 4.74 Å². The van der Waals surface area contributed by atoms with Gasteiger partial charge in [0, 0.05) is 59.2 Å². The maximum absolute atomic E-state index is 13.5. The van der Waals surface area contributed by atoms with E-state index in [1.807, 2.05) is 32.3 Å². The van der Waals surface area contributed by atoms with Crippen LogP contribution in [-0.2, 0) is 9.59 Å². The summed E-state index contributed by atoms with van der Waals surface area (Å²) in [5.41, 5.74) is 1.13. The Kier molecular flexibility index (Phi) is 11.5. The lowest BCUT2D eigenvalue weighted by Gasteiger charge is -2.50. The fraction of sp³-hybridized carbons (Fsp3) is 0.545. The van der Waals surface area contributed by atoms with Gasteiger partial charge in [0.15, 0.2) is 0 Å². The minimum atomic E-state index is -0.416. The van der Waals surface area contributed by atoms with Gasteiger partial charge in [-0.25, -0.2) is 0 Å². The lowest BCUT2D eigenvalue weighted by atomic mass is 9.82. The van der Waals surface area contributed by atoms with Crippen molar-refractivity contribution in [1.82, 2.24) is 19.6 Å². The molecule has 0 saturated carbocycles. The van der Waals surface area contributed by atoms with Crippen molar-refractivity contribution >= 4 is 41.0 Å². The second kappa shape index (κ2) is 14.9. The summed E-state index contributed by atoms with van der Waals surface area (Å²) in [6, 6.07) is 12.3. The van der Waals surface area contributed by atoms with E-state index in [2.05, 4.69) is 9.80 Å². The number of ether oxygens (including phenoxy) is 1.